The highest BCUT2D eigenvalue weighted by atomic mass is 79.9. The number of halogens is 1. The van der Waals surface area contributed by atoms with Gasteiger partial charge in [0, 0.05) is 25.3 Å². The normalized spacial score (nSPS) is 20.1. The molecule has 5 heteroatoms. The number of carbonyl (C=O) groups is 1. The van der Waals surface area contributed by atoms with Crippen LogP contribution in [0.4, 0.5) is 5.69 Å². The predicted octanol–water partition coefficient (Wildman–Crippen LogP) is 1.60. The van der Waals surface area contributed by atoms with E-state index in [0.717, 1.165) is 25.3 Å². The Balaban J connectivity index is 2.14. The van der Waals surface area contributed by atoms with Gasteiger partial charge in [0.15, 0.2) is 0 Å². The van der Waals surface area contributed by atoms with Crippen molar-refractivity contribution in [3.05, 3.63) is 29.8 Å². The number of nitrogens with one attached hydrogen (secondary N) is 1. The summed E-state index contributed by atoms with van der Waals surface area (Å²) >= 11 is 3.62. The molecular formula is C12H15BrN2O2. The van der Waals surface area contributed by atoms with Gasteiger partial charge in [-0.15, -0.1) is 0 Å². The van der Waals surface area contributed by atoms with Gasteiger partial charge in [-0.3, -0.25) is 0 Å². The van der Waals surface area contributed by atoms with Gasteiger partial charge in [0.1, 0.15) is 0 Å². The zero-order chi connectivity index (χ0) is 12.3. The number of hydrogen-bond acceptors (Lipinski definition) is 4. The number of esters is 1. The van der Waals surface area contributed by atoms with Gasteiger partial charge in [0.25, 0.3) is 0 Å². The Morgan fingerprint density at radius 2 is 2.18 bits per heavy atom. The van der Waals surface area contributed by atoms with Gasteiger partial charge >= 0.3 is 5.97 Å². The molecule has 0 aromatic heterocycles. The first-order valence-electron chi connectivity index (χ1n) is 5.52. The minimum Gasteiger partial charge on any atom is -0.465 e. The number of nitrogens with zero attached hydrogens (tertiary/aromatic N) is 1. The number of benzene rings is 1. The van der Waals surface area contributed by atoms with Gasteiger partial charge < -0.3 is 15.0 Å². The number of hydrogen-bond donors (Lipinski definition) is 1. The Hall–Kier alpha value is -1.07. The Labute approximate surface area is 109 Å². The summed E-state index contributed by atoms with van der Waals surface area (Å²) in [5, 5.41) is 3.31. The second kappa shape index (κ2) is 5.51. The van der Waals surface area contributed by atoms with E-state index in [1.54, 1.807) is 12.1 Å². The zero-order valence-electron chi connectivity index (χ0n) is 9.65. The molecule has 1 saturated heterocycles. The molecule has 1 atom stereocenters. The average molecular weight is 299 g/mol. The number of ether oxygens (including phenoxy) is 1. The van der Waals surface area contributed by atoms with Crippen molar-refractivity contribution in [3.63, 3.8) is 0 Å². The van der Waals surface area contributed by atoms with Crippen LogP contribution >= 0.6 is 15.9 Å². The topological polar surface area (TPSA) is 41.6 Å². The summed E-state index contributed by atoms with van der Waals surface area (Å²) in [5.41, 5.74) is 1.69. The monoisotopic (exact) mass is 298 g/mol. The van der Waals surface area contributed by atoms with Crippen molar-refractivity contribution in [1.82, 2.24) is 5.32 Å². The maximum absolute atomic E-state index is 11.3. The highest BCUT2D eigenvalue weighted by Crippen LogP contribution is 2.21. The second-order valence-corrected chi connectivity index (χ2v) is 4.93. The third-order valence-electron chi connectivity index (χ3n) is 2.80. The summed E-state index contributed by atoms with van der Waals surface area (Å²) in [6.07, 6.45) is 0. The van der Waals surface area contributed by atoms with Crippen LogP contribution in [-0.2, 0) is 4.74 Å². The molecule has 0 radical (unpaired) electrons. The molecule has 4 nitrogen and oxygen atoms in total. The fraction of sp³-hybridized carbons (Fsp3) is 0.417. The lowest BCUT2D eigenvalue weighted by atomic mass is 10.2. The van der Waals surface area contributed by atoms with Gasteiger partial charge in [-0.25, -0.2) is 4.79 Å². The van der Waals surface area contributed by atoms with Gasteiger partial charge in [-0.1, -0.05) is 15.9 Å². The van der Waals surface area contributed by atoms with E-state index < -0.39 is 0 Å². The Morgan fingerprint density at radius 1 is 1.47 bits per heavy atom. The van der Waals surface area contributed by atoms with Crippen LogP contribution < -0.4 is 10.2 Å². The van der Waals surface area contributed by atoms with Crippen molar-refractivity contribution < 1.29 is 9.53 Å². The molecule has 0 bridgehead atoms. The molecule has 2 rings (SSSR count). The summed E-state index contributed by atoms with van der Waals surface area (Å²) in [5.74, 6) is -0.299. The molecule has 1 aliphatic heterocycles. The van der Waals surface area contributed by atoms with Gasteiger partial charge in [-0.2, -0.15) is 0 Å². The molecule has 1 aromatic rings. The summed E-state index contributed by atoms with van der Waals surface area (Å²) in [6.45, 7) is 2.84. The third-order valence-corrected chi connectivity index (χ3v) is 3.62. The van der Waals surface area contributed by atoms with Crippen LogP contribution in [0, 0.1) is 0 Å². The molecule has 17 heavy (non-hydrogen) atoms. The van der Waals surface area contributed by atoms with Crippen LogP contribution in [0.5, 0.6) is 0 Å². The quantitative estimate of drug-likeness (QED) is 0.512. The van der Waals surface area contributed by atoms with Gasteiger partial charge in [0.2, 0.25) is 0 Å². The minimum atomic E-state index is -0.299. The van der Waals surface area contributed by atoms with Crippen molar-refractivity contribution in [1.29, 1.82) is 0 Å². The third kappa shape index (κ3) is 2.79. The average Bonchev–Trinajstić information content (AvgIpc) is 2.39. The number of anilines is 1. The van der Waals surface area contributed by atoms with E-state index in [1.165, 1.54) is 7.11 Å². The molecule has 1 heterocycles. The van der Waals surface area contributed by atoms with Crippen LogP contribution in [0.1, 0.15) is 10.4 Å². The Bertz CT molecular complexity index is 394. The van der Waals surface area contributed by atoms with Crippen molar-refractivity contribution in [2.24, 2.45) is 0 Å². The standard InChI is InChI=1S/C12H15BrN2O2/c1-17-12(16)9-2-4-10(5-3-9)15-7-6-14-8-11(15)13/h2-5,11,14H,6-8H2,1H3. The number of rotatable bonds is 2. The zero-order valence-corrected chi connectivity index (χ0v) is 11.2. The molecule has 0 spiro atoms. The molecule has 1 N–H and O–H groups in total. The van der Waals surface area contributed by atoms with Crippen LogP contribution in [0.2, 0.25) is 0 Å². The first-order chi connectivity index (χ1) is 8.22. The summed E-state index contributed by atoms with van der Waals surface area (Å²) in [7, 11) is 1.39. The number of carbonyl (C=O) groups excluding carboxylic acids is 1. The van der Waals surface area contributed by atoms with E-state index in [-0.39, 0.29) is 5.97 Å². The second-order valence-electron chi connectivity index (χ2n) is 3.87. The minimum absolute atomic E-state index is 0.292. The maximum atomic E-state index is 11.3. The largest absolute Gasteiger partial charge is 0.465 e. The molecule has 1 aromatic carbocycles. The molecule has 0 aliphatic carbocycles. The SMILES string of the molecule is COC(=O)c1ccc(N2CCNCC2Br)cc1. The lowest BCUT2D eigenvalue weighted by Crippen LogP contribution is -2.48. The molecule has 1 aliphatic rings. The van der Waals surface area contributed by atoms with E-state index >= 15 is 0 Å². The summed E-state index contributed by atoms with van der Waals surface area (Å²) in [4.78, 5) is 13.9. The molecule has 0 saturated carbocycles. The van der Waals surface area contributed by atoms with Crippen LogP contribution in [-0.4, -0.2) is 37.7 Å². The van der Waals surface area contributed by atoms with Crippen LogP contribution in [0.25, 0.3) is 0 Å². The fourth-order valence-corrected chi connectivity index (χ4v) is 2.54. The Morgan fingerprint density at radius 3 is 2.76 bits per heavy atom. The number of alkyl halides is 1. The lowest BCUT2D eigenvalue weighted by Gasteiger charge is -2.34. The van der Waals surface area contributed by atoms with Crippen LogP contribution in [0.15, 0.2) is 24.3 Å². The molecule has 1 unspecified atom stereocenters. The summed E-state index contributed by atoms with van der Waals surface area (Å²) in [6, 6.07) is 7.49. The van der Waals surface area contributed by atoms with Crippen molar-refractivity contribution >= 4 is 27.6 Å². The molecule has 1 fully saturated rings. The molecule has 0 amide bonds. The number of methoxy groups -OCH3 is 1. The van der Waals surface area contributed by atoms with E-state index in [9.17, 15) is 4.79 Å². The van der Waals surface area contributed by atoms with Crippen molar-refractivity contribution in [2.45, 2.75) is 4.95 Å². The summed E-state index contributed by atoms with van der Waals surface area (Å²) < 4.78 is 4.67. The lowest BCUT2D eigenvalue weighted by molar-refractivity contribution is 0.0601. The Kier molecular flexibility index (Phi) is 4.02. The first kappa shape index (κ1) is 12.4. The van der Waals surface area contributed by atoms with E-state index in [4.69, 9.17) is 0 Å². The fourth-order valence-electron chi connectivity index (χ4n) is 1.87. The maximum Gasteiger partial charge on any atom is 0.337 e. The predicted molar refractivity (Wildman–Crippen MR) is 70.7 cm³/mol. The van der Waals surface area contributed by atoms with E-state index in [2.05, 4.69) is 30.9 Å². The van der Waals surface area contributed by atoms with E-state index in [0.29, 0.717) is 10.5 Å². The highest BCUT2D eigenvalue weighted by molar-refractivity contribution is 9.09. The van der Waals surface area contributed by atoms with E-state index in [1.807, 2.05) is 12.1 Å². The first-order valence-corrected chi connectivity index (χ1v) is 6.44. The molecular weight excluding hydrogens is 284 g/mol. The van der Waals surface area contributed by atoms with Gasteiger partial charge in [-0.05, 0) is 24.3 Å². The smallest absolute Gasteiger partial charge is 0.337 e. The highest BCUT2D eigenvalue weighted by Gasteiger charge is 2.19. The van der Waals surface area contributed by atoms with Crippen LogP contribution in [0.3, 0.4) is 0 Å². The van der Waals surface area contributed by atoms with Gasteiger partial charge in [0.05, 0.1) is 17.6 Å². The number of piperazine rings is 1. The van der Waals surface area contributed by atoms with Crippen molar-refractivity contribution in [2.75, 3.05) is 31.6 Å². The molecule has 92 valence electrons. The van der Waals surface area contributed by atoms with Crippen molar-refractivity contribution in [3.8, 4) is 0 Å².